The molecule has 1 heterocycles. The van der Waals surface area contributed by atoms with E-state index < -0.39 is 0 Å². The van der Waals surface area contributed by atoms with Crippen molar-refractivity contribution < 1.29 is 13.9 Å². The van der Waals surface area contributed by atoms with Crippen LogP contribution in [0.15, 0.2) is 41.0 Å². The first-order valence-corrected chi connectivity index (χ1v) is 9.09. The van der Waals surface area contributed by atoms with E-state index in [9.17, 15) is 0 Å². The van der Waals surface area contributed by atoms with Crippen molar-refractivity contribution in [2.24, 2.45) is 5.92 Å². The van der Waals surface area contributed by atoms with Crippen molar-refractivity contribution in [3.05, 3.63) is 47.9 Å². The van der Waals surface area contributed by atoms with Gasteiger partial charge in [0.1, 0.15) is 5.76 Å². The topological polar surface area (TPSA) is 43.6 Å². The van der Waals surface area contributed by atoms with E-state index in [1.807, 2.05) is 18.2 Å². The number of furan rings is 1. The molecule has 4 heteroatoms. The summed E-state index contributed by atoms with van der Waals surface area (Å²) in [5, 5.41) is 3.53. The molecule has 1 unspecified atom stereocenters. The summed E-state index contributed by atoms with van der Waals surface area (Å²) in [7, 11) is 3.32. The molecule has 1 atom stereocenters. The monoisotopic (exact) mass is 345 g/mol. The minimum atomic E-state index is 0.482. The van der Waals surface area contributed by atoms with Gasteiger partial charge in [0.05, 0.1) is 20.5 Å². The summed E-state index contributed by atoms with van der Waals surface area (Å²) >= 11 is 0. The molecule has 0 aliphatic carbocycles. The van der Waals surface area contributed by atoms with E-state index in [2.05, 4.69) is 31.3 Å². The SMILES string of the molecule is COc1ccc(CNCCC(CCC(C)C)c2ccco2)cc1OC. The average molecular weight is 345 g/mol. The van der Waals surface area contributed by atoms with Crippen LogP contribution in [0.3, 0.4) is 0 Å². The van der Waals surface area contributed by atoms with Crippen molar-refractivity contribution in [1.29, 1.82) is 0 Å². The molecular weight excluding hydrogens is 314 g/mol. The molecule has 0 saturated carbocycles. The molecule has 0 spiro atoms. The van der Waals surface area contributed by atoms with Gasteiger partial charge in [0.15, 0.2) is 11.5 Å². The molecule has 0 aliphatic heterocycles. The normalized spacial score (nSPS) is 12.4. The minimum absolute atomic E-state index is 0.482. The number of hydrogen-bond acceptors (Lipinski definition) is 4. The van der Waals surface area contributed by atoms with Crippen LogP contribution in [0.25, 0.3) is 0 Å². The lowest BCUT2D eigenvalue weighted by molar-refractivity contribution is 0.354. The van der Waals surface area contributed by atoms with E-state index in [4.69, 9.17) is 13.9 Å². The van der Waals surface area contributed by atoms with Crippen molar-refractivity contribution in [3.8, 4) is 11.5 Å². The first-order valence-electron chi connectivity index (χ1n) is 9.09. The molecule has 0 fully saturated rings. The third kappa shape index (κ3) is 6.13. The van der Waals surface area contributed by atoms with Gasteiger partial charge in [0, 0.05) is 12.5 Å². The predicted molar refractivity (Wildman–Crippen MR) is 101 cm³/mol. The summed E-state index contributed by atoms with van der Waals surface area (Å²) in [6.07, 6.45) is 5.24. The molecule has 0 saturated heterocycles. The molecule has 0 radical (unpaired) electrons. The second-order valence-corrected chi connectivity index (χ2v) is 6.84. The Labute approximate surface area is 151 Å². The lowest BCUT2D eigenvalue weighted by Crippen LogP contribution is -2.17. The van der Waals surface area contributed by atoms with Crippen molar-refractivity contribution in [1.82, 2.24) is 5.32 Å². The van der Waals surface area contributed by atoms with Gasteiger partial charge in [0.2, 0.25) is 0 Å². The zero-order valence-corrected chi connectivity index (χ0v) is 15.9. The second-order valence-electron chi connectivity index (χ2n) is 6.84. The molecule has 1 aromatic carbocycles. The lowest BCUT2D eigenvalue weighted by Gasteiger charge is -2.16. The van der Waals surface area contributed by atoms with E-state index in [0.29, 0.717) is 5.92 Å². The smallest absolute Gasteiger partial charge is 0.161 e. The van der Waals surface area contributed by atoms with Crippen LogP contribution >= 0.6 is 0 Å². The predicted octanol–water partition coefficient (Wildman–Crippen LogP) is 5.00. The number of nitrogens with one attached hydrogen (secondary N) is 1. The van der Waals surface area contributed by atoms with Crippen LogP contribution in [-0.2, 0) is 6.54 Å². The molecule has 0 amide bonds. The molecule has 4 nitrogen and oxygen atoms in total. The fraction of sp³-hybridized carbons (Fsp3) is 0.524. The maximum absolute atomic E-state index is 5.64. The maximum atomic E-state index is 5.64. The highest BCUT2D eigenvalue weighted by Gasteiger charge is 2.14. The van der Waals surface area contributed by atoms with Crippen molar-refractivity contribution >= 4 is 0 Å². The van der Waals surface area contributed by atoms with E-state index in [-0.39, 0.29) is 0 Å². The summed E-state index contributed by atoms with van der Waals surface area (Å²) < 4.78 is 16.3. The van der Waals surface area contributed by atoms with E-state index in [1.165, 1.54) is 18.4 Å². The molecule has 1 N–H and O–H groups in total. The van der Waals surface area contributed by atoms with E-state index in [1.54, 1.807) is 20.5 Å². The van der Waals surface area contributed by atoms with Gasteiger partial charge in [-0.05, 0) is 55.1 Å². The highest BCUT2D eigenvalue weighted by atomic mass is 16.5. The third-order valence-corrected chi connectivity index (χ3v) is 4.48. The minimum Gasteiger partial charge on any atom is -0.493 e. The maximum Gasteiger partial charge on any atom is 0.161 e. The van der Waals surface area contributed by atoms with Crippen molar-refractivity contribution in [2.75, 3.05) is 20.8 Å². The van der Waals surface area contributed by atoms with Gasteiger partial charge in [-0.15, -0.1) is 0 Å². The molecular formula is C21H31NO3. The van der Waals surface area contributed by atoms with E-state index >= 15 is 0 Å². The van der Waals surface area contributed by atoms with Crippen LogP contribution in [0.2, 0.25) is 0 Å². The fourth-order valence-electron chi connectivity index (χ4n) is 2.99. The van der Waals surface area contributed by atoms with Crippen molar-refractivity contribution in [3.63, 3.8) is 0 Å². The van der Waals surface area contributed by atoms with Crippen LogP contribution in [0.4, 0.5) is 0 Å². The Morgan fingerprint density at radius 3 is 2.44 bits per heavy atom. The summed E-state index contributed by atoms with van der Waals surface area (Å²) in [5.41, 5.74) is 1.19. The van der Waals surface area contributed by atoms with E-state index in [0.717, 1.165) is 42.7 Å². The first-order chi connectivity index (χ1) is 12.1. The van der Waals surface area contributed by atoms with Gasteiger partial charge < -0.3 is 19.2 Å². The summed E-state index contributed by atoms with van der Waals surface area (Å²) in [6.45, 7) is 6.32. The Morgan fingerprint density at radius 1 is 1.00 bits per heavy atom. The Hall–Kier alpha value is -1.94. The molecule has 2 aromatic rings. The summed E-state index contributed by atoms with van der Waals surface area (Å²) in [5.74, 6) is 3.84. The Balaban J connectivity index is 1.83. The Kier molecular flexibility index (Phi) is 7.86. The van der Waals surface area contributed by atoms with Crippen LogP contribution < -0.4 is 14.8 Å². The number of hydrogen-bond donors (Lipinski definition) is 1. The molecule has 2 rings (SSSR count). The quantitative estimate of drug-likeness (QED) is 0.582. The van der Waals surface area contributed by atoms with Gasteiger partial charge in [-0.1, -0.05) is 26.3 Å². The first kappa shape index (κ1) is 19.4. The Bertz CT molecular complexity index is 608. The highest BCUT2D eigenvalue weighted by Crippen LogP contribution is 2.28. The van der Waals surface area contributed by atoms with Crippen LogP contribution in [0.5, 0.6) is 11.5 Å². The van der Waals surface area contributed by atoms with Gasteiger partial charge in [-0.2, -0.15) is 0 Å². The number of rotatable bonds is 11. The van der Waals surface area contributed by atoms with Gasteiger partial charge in [0.25, 0.3) is 0 Å². The standard InChI is InChI=1S/C21H31NO3/c1-16(2)7-9-18(19-6-5-13-25-19)11-12-22-15-17-8-10-20(23-3)21(14-17)24-4/h5-6,8,10,13-14,16,18,22H,7,9,11-12,15H2,1-4H3. The Morgan fingerprint density at radius 2 is 1.80 bits per heavy atom. The van der Waals surface area contributed by atoms with Crippen LogP contribution in [0, 0.1) is 5.92 Å². The zero-order valence-electron chi connectivity index (χ0n) is 15.9. The molecule has 0 bridgehead atoms. The second kappa shape index (κ2) is 10.1. The average Bonchev–Trinajstić information content (AvgIpc) is 3.15. The molecule has 1 aromatic heterocycles. The molecule has 138 valence electrons. The van der Waals surface area contributed by atoms with Crippen molar-refractivity contribution in [2.45, 2.75) is 45.6 Å². The van der Waals surface area contributed by atoms with Crippen LogP contribution in [0.1, 0.15) is 50.4 Å². The lowest BCUT2D eigenvalue weighted by atomic mass is 9.93. The molecule has 0 aliphatic rings. The largest absolute Gasteiger partial charge is 0.493 e. The fourth-order valence-corrected chi connectivity index (χ4v) is 2.99. The third-order valence-electron chi connectivity index (χ3n) is 4.48. The summed E-state index contributed by atoms with van der Waals surface area (Å²) in [4.78, 5) is 0. The van der Waals surface area contributed by atoms with Crippen LogP contribution in [-0.4, -0.2) is 20.8 Å². The van der Waals surface area contributed by atoms with Gasteiger partial charge >= 0.3 is 0 Å². The number of benzene rings is 1. The number of ether oxygens (including phenoxy) is 2. The van der Waals surface area contributed by atoms with Gasteiger partial charge in [-0.25, -0.2) is 0 Å². The highest BCUT2D eigenvalue weighted by molar-refractivity contribution is 5.42. The van der Waals surface area contributed by atoms with Gasteiger partial charge in [-0.3, -0.25) is 0 Å². The zero-order chi connectivity index (χ0) is 18.1. The number of methoxy groups -OCH3 is 2. The molecule has 25 heavy (non-hydrogen) atoms. The summed E-state index contributed by atoms with van der Waals surface area (Å²) in [6, 6.07) is 10.1.